The van der Waals surface area contributed by atoms with Gasteiger partial charge in [0, 0.05) is 14.9 Å². The number of fused-ring (bicyclic) bond motifs is 1. The van der Waals surface area contributed by atoms with Gasteiger partial charge < -0.3 is 0 Å². The molecule has 2 aromatic carbocycles. The monoisotopic (exact) mass is 316 g/mol. The molecule has 3 heteroatoms. The summed E-state index contributed by atoms with van der Waals surface area (Å²) in [7, 11) is 0. The SMILES string of the molecule is O=C1/C(=C\c2ccccc2)Sc2cc(Br)ccc21. The number of benzene rings is 2. The van der Waals surface area contributed by atoms with Crippen molar-refractivity contribution >= 4 is 39.6 Å². The number of carbonyl (C=O) groups is 1. The Morgan fingerprint density at radius 1 is 1.06 bits per heavy atom. The molecule has 0 amide bonds. The van der Waals surface area contributed by atoms with E-state index < -0.39 is 0 Å². The second-order valence-corrected chi connectivity index (χ2v) is 5.99. The molecule has 0 N–H and O–H groups in total. The van der Waals surface area contributed by atoms with Gasteiger partial charge in [0.1, 0.15) is 0 Å². The molecule has 0 saturated carbocycles. The van der Waals surface area contributed by atoms with E-state index in [4.69, 9.17) is 0 Å². The number of hydrogen-bond acceptors (Lipinski definition) is 2. The van der Waals surface area contributed by atoms with Crippen molar-refractivity contribution in [2.75, 3.05) is 0 Å². The summed E-state index contributed by atoms with van der Waals surface area (Å²) >= 11 is 4.96. The van der Waals surface area contributed by atoms with Gasteiger partial charge in [-0.25, -0.2) is 0 Å². The Morgan fingerprint density at radius 2 is 1.83 bits per heavy atom. The van der Waals surface area contributed by atoms with Crippen LogP contribution in [0.15, 0.2) is 62.8 Å². The Labute approximate surface area is 118 Å². The smallest absolute Gasteiger partial charge is 0.200 e. The molecule has 0 unspecified atom stereocenters. The van der Waals surface area contributed by atoms with Crippen LogP contribution in [0.2, 0.25) is 0 Å². The molecular weight excluding hydrogens is 308 g/mol. The Balaban J connectivity index is 2.00. The fraction of sp³-hybridized carbons (Fsp3) is 0. The van der Waals surface area contributed by atoms with E-state index in [1.54, 1.807) is 0 Å². The van der Waals surface area contributed by atoms with Gasteiger partial charge in [0.25, 0.3) is 0 Å². The number of ketones is 1. The molecule has 0 aliphatic carbocycles. The lowest BCUT2D eigenvalue weighted by Crippen LogP contribution is -1.93. The molecule has 1 aliphatic heterocycles. The largest absolute Gasteiger partial charge is 0.288 e. The maximum Gasteiger partial charge on any atom is 0.200 e. The second kappa shape index (κ2) is 4.75. The number of Topliss-reactive ketones (excluding diaryl/α,β-unsaturated/α-hetero) is 1. The normalized spacial score (nSPS) is 16.1. The van der Waals surface area contributed by atoms with E-state index in [0.29, 0.717) is 0 Å². The lowest BCUT2D eigenvalue weighted by Gasteiger charge is -1.95. The van der Waals surface area contributed by atoms with E-state index in [9.17, 15) is 4.79 Å². The average Bonchev–Trinajstić information content (AvgIpc) is 2.67. The van der Waals surface area contributed by atoms with E-state index in [0.717, 1.165) is 25.4 Å². The Kier molecular flexibility index (Phi) is 3.10. The molecule has 1 heterocycles. The lowest BCUT2D eigenvalue weighted by atomic mass is 10.1. The molecule has 0 aromatic heterocycles. The summed E-state index contributed by atoms with van der Waals surface area (Å²) in [5.41, 5.74) is 1.85. The molecule has 88 valence electrons. The van der Waals surface area contributed by atoms with E-state index in [2.05, 4.69) is 15.9 Å². The number of halogens is 1. The van der Waals surface area contributed by atoms with E-state index in [-0.39, 0.29) is 5.78 Å². The van der Waals surface area contributed by atoms with Crippen LogP contribution in [0.4, 0.5) is 0 Å². The maximum atomic E-state index is 12.2. The quantitative estimate of drug-likeness (QED) is 0.704. The fourth-order valence-corrected chi connectivity index (χ4v) is 3.47. The Bertz CT molecular complexity index is 647. The molecule has 3 rings (SSSR count). The van der Waals surface area contributed by atoms with E-state index in [1.807, 2.05) is 54.6 Å². The van der Waals surface area contributed by atoms with Crippen molar-refractivity contribution in [1.29, 1.82) is 0 Å². The zero-order valence-electron chi connectivity index (χ0n) is 9.39. The molecule has 0 saturated heterocycles. The van der Waals surface area contributed by atoms with E-state index in [1.165, 1.54) is 11.8 Å². The minimum Gasteiger partial charge on any atom is -0.288 e. The van der Waals surface area contributed by atoms with Crippen molar-refractivity contribution in [3.63, 3.8) is 0 Å². The zero-order chi connectivity index (χ0) is 12.5. The van der Waals surface area contributed by atoms with Crippen molar-refractivity contribution in [1.82, 2.24) is 0 Å². The van der Waals surface area contributed by atoms with Crippen molar-refractivity contribution in [2.45, 2.75) is 4.90 Å². The first-order valence-corrected chi connectivity index (χ1v) is 7.14. The highest BCUT2D eigenvalue weighted by atomic mass is 79.9. The topological polar surface area (TPSA) is 17.1 Å². The summed E-state index contributed by atoms with van der Waals surface area (Å²) in [6.45, 7) is 0. The third-order valence-corrected chi connectivity index (χ3v) is 4.30. The zero-order valence-corrected chi connectivity index (χ0v) is 11.8. The number of allylic oxidation sites excluding steroid dienone is 1. The summed E-state index contributed by atoms with van der Waals surface area (Å²) < 4.78 is 1.00. The minimum absolute atomic E-state index is 0.117. The number of thioether (sulfide) groups is 1. The van der Waals surface area contributed by atoms with Gasteiger partial charge in [-0.1, -0.05) is 58.0 Å². The highest BCUT2D eigenvalue weighted by Gasteiger charge is 2.25. The van der Waals surface area contributed by atoms with Crippen LogP contribution in [0, 0.1) is 0 Å². The van der Waals surface area contributed by atoms with Crippen LogP contribution in [-0.4, -0.2) is 5.78 Å². The molecular formula is C15H9BrOS. The summed E-state index contributed by atoms with van der Waals surface area (Å²) in [6, 6.07) is 15.7. The van der Waals surface area contributed by atoms with Crippen LogP contribution in [0.1, 0.15) is 15.9 Å². The summed E-state index contributed by atoms with van der Waals surface area (Å²) in [6.07, 6.45) is 1.95. The summed E-state index contributed by atoms with van der Waals surface area (Å²) in [5, 5.41) is 0. The van der Waals surface area contributed by atoms with Crippen LogP contribution in [0.25, 0.3) is 6.08 Å². The molecule has 0 radical (unpaired) electrons. The van der Waals surface area contributed by atoms with Crippen molar-refractivity contribution < 1.29 is 4.79 Å². The minimum atomic E-state index is 0.117. The van der Waals surface area contributed by atoms with Gasteiger partial charge in [0.05, 0.1) is 4.91 Å². The predicted molar refractivity (Wildman–Crippen MR) is 78.7 cm³/mol. The molecule has 0 atom stereocenters. The molecule has 0 spiro atoms. The average molecular weight is 317 g/mol. The molecule has 2 aromatic rings. The number of rotatable bonds is 1. The van der Waals surface area contributed by atoms with Gasteiger partial charge in [-0.15, -0.1) is 0 Å². The van der Waals surface area contributed by atoms with Crippen LogP contribution in [-0.2, 0) is 0 Å². The van der Waals surface area contributed by atoms with Gasteiger partial charge in [-0.2, -0.15) is 0 Å². The van der Waals surface area contributed by atoms with Gasteiger partial charge in [-0.05, 0) is 29.8 Å². The highest BCUT2D eigenvalue weighted by molar-refractivity contribution is 9.10. The van der Waals surface area contributed by atoms with Crippen LogP contribution in [0.3, 0.4) is 0 Å². The van der Waals surface area contributed by atoms with E-state index >= 15 is 0 Å². The third kappa shape index (κ3) is 2.16. The lowest BCUT2D eigenvalue weighted by molar-refractivity contribution is 0.104. The Hall–Kier alpha value is -1.32. The van der Waals surface area contributed by atoms with Gasteiger partial charge in [0.15, 0.2) is 0 Å². The van der Waals surface area contributed by atoms with Crippen molar-refractivity contribution in [3.05, 3.63) is 69.0 Å². The van der Waals surface area contributed by atoms with Gasteiger partial charge in [-0.3, -0.25) is 4.79 Å². The molecule has 1 nitrogen and oxygen atoms in total. The van der Waals surface area contributed by atoms with Gasteiger partial charge >= 0.3 is 0 Å². The first kappa shape index (κ1) is 11.8. The predicted octanol–water partition coefficient (Wildman–Crippen LogP) is 4.78. The third-order valence-electron chi connectivity index (χ3n) is 2.73. The van der Waals surface area contributed by atoms with Crippen LogP contribution >= 0.6 is 27.7 Å². The molecule has 1 aliphatic rings. The first-order valence-electron chi connectivity index (χ1n) is 5.53. The van der Waals surface area contributed by atoms with Crippen molar-refractivity contribution in [3.8, 4) is 0 Å². The molecule has 0 fully saturated rings. The standard InChI is InChI=1S/C15H9BrOS/c16-11-6-7-12-13(9-11)18-14(15(12)17)8-10-4-2-1-3-5-10/h1-9H/b14-8+. The molecule has 0 bridgehead atoms. The maximum absolute atomic E-state index is 12.2. The summed E-state index contributed by atoms with van der Waals surface area (Å²) in [4.78, 5) is 14.0. The fourth-order valence-electron chi connectivity index (χ4n) is 1.86. The number of hydrogen-bond donors (Lipinski definition) is 0. The second-order valence-electron chi connectivity index (χ2n) is 3.99. The highest BCUT2D eigenvalue weighted by Crippen LogP contribution is 2.41. The first-order chi connectivity index (χ1) is 8.74. The number of carbonyl (C=O) groups excluding carboxylic acids is 1. The Morgan fingerprint density at radius 3 is 2.61 bits per heavy atom. The van der Waals surface area contributed by atoms with Crippen molar-refractivity contribution in [2.24, 2.45) is 0 Å². The van der Waals surface area contributed by atoms with Gasteiger partial charge in [0.2, 0.25) is 5.78 Å². The molecule has 18 heavy (non-hydrogen) atoms. The van der Waals surface area contributed by atoms with Crippen LogP contribution < -0.4 is 0 Å². The van der Waals surface area contributed by atoms with Crippen LogP contribution in [0.5, 0.6) is 0 Å². The summed E-state index contributed by atoms with van der Waals surface area (Å²) in [5.74, 6) is 0.117.